The lowest BCUT2D eigenvalue weighted by molar-refractivity contribution is 1.06. The van der Waals surface area contributed by atoms with Crippen molar-refractivity contribution >= 4 is 48.8 Å². The highest BCUT2D eigenvalue weighted by Crippen LogP contribution is 2.30. The predicted molar refractivity (Wildman–Crippen MR) is 60.2 cm³/mol. The molecule has 4 heteroatoms. The van der Waals surface area contributed by atoms with Gasteiger partial charge < -0.3 is 0 Å². The van der Waals surface area contributed by atoms with E-state index in [2.05, 4.69) is 25.3 Å². The first-order valence-corrected chi connectivity index (χ1v) is 6.68. The van der Waals surface area contributed by atoms with Gasteiger partial charge in [-0.05, 0) is 0 Å². The van der Waals surface area contributed by atoms with Crippen molar-refractivity contribution < 1.29 is 0 Å². The molecule has 0 bridgehead atoms. The summed E-state index contributed by atoms with van der Waals surface area (Å²) >= 11 is 12.6. The zero-order valence-electron chi connectivity index (χ0n) is 5.69. The number of thioether (sulfide) groups is 2. The SMILES string of the molecule is SC[C@@H]1CS[C@@H](CS)CS1. The van der Waals surface area contributed by atoms with E-state index in [0.717, 1.165) is 22.0 Å². The van der Waals surface area contributed by atoms with Crippen LogP contribution in [0.15, 0.2) is 0 Å². The van der Waals surface area contributed by atoms with Gasteiger partial charge >= 0.3 is 0 Å². The first-order chi connectivity index (χ1) is 4.86. The van der Waals surface area contributed by atoms with Crippen molar-refractivity contribution in [3.8, 4) is 0 Å². The summed E-state index contributed by atoms with van der Waals surface area (Å²) in [7, 11) is 0. The third-order valence-corrected chi connectivity index (χ3v) is 6.04. The van der Waals surface area contributed by atoms with Crippen LogP contribution in [0.3, 0.4) is 0 Å². The minimum atomic E-state index is 0.782. The number of thiol groups is 2. The van der Waals surface area contributed by atoms with Crippen LogP contribution in [-0.4, -0.2) is 33.5 Å². The molecule has 0 nitrogen and oxygen atoms in total. The highest BCUT2D eigenvalue weighted by Gasteiger charge is 2.19. The van der Waals surface area contributed by atoms with Gasteiger partial charge in [-0.2, -0.15) is 48.8 Å². The Morgan fingerprint density at radius 1 is 1.00 bits per heavy atom. The molecule has 0 aromatic rings. The zero-order chi connectivity index (χ0) is 7.40. The molecule has 0 N–H and O–H groups in total. The summed E-state index contributed by atoms with van der Waals surface area (Å²) in [5.41, 5.74) is 0. The van der Waals surface area contributed by atoms with E-state index in [0.29, 0.717) is 0 Å². The molecule has 0 saturated carbocycles. The van der Waals surface area contributed by atoms with Crippen LogP contribution in [0.1, 0.15) is 0 Å². The second-order valence-electron chi connectivity index (χ2n) is 2.28. The Balaban J connectivity index is 2.17. The molecule has 0 spiro atoms. The third kappa shape index (κ3) is 2.80. The molecule has 1 fully saturated rings. The molecule has 0 radical (unpaired) electrons. The topological polar surface area (TPSA) is 0 Å². The Bertz CT molecular complexity index is 75.7. The minimum Gasteiger partial charge on any atom is -0.178 e. The fourth-order valence-corrected chi connectivity index (χ4v) is 4.70. The Morgan fingerprint density at radius 2 is 1.40 bits per heavy atom. The summed E-state index contributed by atoms with van der Waals surface area (Å²) in [6, 6.07) is 0. The highest BCUT2D eigenvalue weighted by atomic mass is 32.2. The van der Waals surface area contributed by atoms with Crippen molar-refractivity contribution in [1.82, 2.24) is 0 Å². The summed E-state index contributed by atoms with van der Waals surface area (Å²) in [6.07, 6.45) is 0. The zero-order valence-corrected chi connectivity index (χ0v) is 9.12. The van der Waals surface area contributed by atoms with E-state index in [1.54, 1.807) is 0 Å². The largest absolute Gasteiger partial charge is 0.178 e. The van der Waals surface area contributed by atoms with Gasteiger partial charge in [0.25, 0.3) is 0 Å². The summed E-state index contributed by atoms with van der Waals surface area (Å²) < 4.78 is 0. The van der Waals surface area contributed by atoms with E-state index >= 15 is 0 Å². The monoisotopic (exact) mass is 212 g/mol. The van der Waals surface area contributed by atoms with E-state index in [1.807, 2.05) is 23.5 Å². The van der Waals surface area contributed by atoms with Gasteiger partial charge in [-0.15, -0.1) is 0 Å². The average Bonchev–Trinajstić information content (AvgIpc) is 2.05. The smallest absolute Gasteiger partial charge is 0.0226 e. The molecule has 0 aromatic heterocycles. The lowest BCUT2D eigenvalue weighted by Gasteiger charge is -2.25. The second kappa shape index (κ2) is 5.12. The summed E-state index contributed by atoms with van der Waals surface area (Å²) in [5, 5.41) is 1.56. The lowest BCUT2D eigenvalue weighted by Crippen LogP contribution is -2.23. The number of rotatable bonds is 2. The minimum absolute atomic E-state index is 0.782. The van der Waals surface area contributed by atoms with E-state index in [1.165, 1.54) is 11.5 Å². The van der Waals surface area contributed by atoms with Crippen molar-refractivity contribution in [2.45, 2.75) is 10.5 Å². The van der Waals surface area contributed by atoms with Gasteiger partial charge in [0.2, 0.25) is 0 Å². The van der Waals surface area contributed by atoms with E-state index < -0.39 is 0 Å². The van der Waals surface area contributed by atoms with Gasteiger partial charge in [-0.25, -0.2) is 0 Å². The van der Waals surface area contributed by atoms with Crippen molar-refractivity contribution in [2.75, 3.05) is 23.0 Å². The quantitative estimate of drug-likeness (QED) is 0.673. The van der Waals surface area contributed by atoms with Gasteiger partial charge in [-0.1, -0.05) is 0 Å². The van der Waals surface area contributed by atoms with Crippen LogP contribution in [0.4, 0.5) is 0 Å². The molecule has 1 aliphatic rings. The molecule has 0 amide bonds. The highest BCUT2D eigenvalue weighted by molar-refractivity contribution is 8.07. The fraction of sp³-hybridized carbons (Fsp3) is 1.00. The normalized spacial score (nSPS) is 34.2. The molecule has 60 valence electrons. The molecule has 0 aliphatic carbocycles. The van der Waals surface area contributed by atoms with E-state index in [9.17, 15) is 0 Å². The molecule has 0 aromatic carbocycles. The molecule has 1 heterocycles. The first kappa shape index (κ1) is 9.49. The first-order valence-electron chi connectivity index (χ1n) is 3.31. The maximum atomic E-state index is 4.27. The molecular formula is C6H12S4. The van der Waals surface area contributed by atoms with Gasteiger partial charge in [0, 0.05) is 33.5 Å². The number of hydrogen-bond acceptors (Lipinski definition) is 4. The van der Waals surface area contributed by atoms with Gasteiger partial charge in [0.1, 0.15) is 0 Å². The number of hydrogen-bond donors (Lipinski definition) is 2. The van der Waals surface area contributed by atoms with Gasteiger partial charge in [0.05, 0.1) is 0 Å². The van der Waals surface area contributed by atoms with Crippen LogP contribution in [0.5, 0.6) is 0 Å². The van der Waals surface area contributed by atoms with Gasteiger partial charge in [-0.3, -0.25) is 0 Å². The Hall–Kier alpha value is 1.40. The maximum Gasteiger partial charge on any atom is 0.0226 e. The Morgan fingerprint density at radius 3 is 1.60 bits per heavy atom. The summed E-state index contributed by atoms with van der Waals surface area (Å²) in [4.78, 5) is 0. The molecule has 0 unspecified atom stereocenters. The van der Waals surface area contributed by atoms with Gasteiger partial charge in [0.15, 0.2) is 0 Å². The van der Waals surface area contributed by atoms with Crippen molar-refractivity contribution in [3.63, 3.8) is 0 Å². The lowest BCUT2D eigenvalue weighted by atomic mass is 10.5. The molecular weight excluding hydrogens is 200 g/mol. The fourth-order valence-electron chi connectivity index (χ4n) is 0.794. The van der Waals surface area contributed by atoms with E-state index in [-0.39, 0.29) is 0 Å². The van der Waals surface area contributed by atoms with Crippen LogP contribution in [0, 0.1) is 0 Å². The van der Waals surface area contributed by atoms with Crippen LogP contribution < -0.4 is 0 Å². The van der Waals surface area contributed by atoms with Crippen molar-refractivity contribution in [3.05, 3.63) is 0 Å². The second-order valence-corrected chi connectivity index (χ2v) is 5.67. The molecule has 1 saturated heterocycles. The maximum absolute atomic E-state index is 4.27. The molecule has 1 aliphatic heterocycles. The molecule has 1 rings (SSSR count). The Kier molecular flexibility index (Phi) is 4.86. The predicted octanol–water partition coefficient (Wildman–Crippen LogP) is 2.06. The summed E-state index contributed by atoms with van der Waals surface area (Å²) in [5.74, 6) is 4.58. The van der Waals surface area contributed by atoms with Crippen LogP contribution in [0.2, 0.25) is 0 Å². The Labute approximate surface area is 82.1 Å². The van der Waals surface area contributed by atoms with Crippen molar-refractivity contribution in [2.24, 2.45) is 0 Å². The summed E-state index contributed by atoms with van der Waals surface area (Å²) in [6.45, 7) is 0. The van der Waals surface area contributed by atoms with Crippen molar-refractivity contribution in [1.29, 1.82) is 0 Å². The molecule has 10 heavy (non-hydrogen) atoms. The molecule has 2 atom stereocenters. The third-order valence-electron chi connectivity index (χ3n) is 1.44. The average molecular weight is 212 g/mol. The van der Waals surface area contributed by atoms with Crippen LogP contribution >= 0.6 is 48.8 Å². The van der Waals surface area contributed by atoms with Crippen LogP contribution in [0.25, 0.3) is 0 Å². The standard InChI is InChI=1S/C6H12S4/c7-1-5-3-10-6(2-8)4-9-5/h5-8H,1-4H2/t5-,6+. The van der Waals surface area contributed by atoms with E-state index in [4.69, 9.17) is 0 Å². The van der Waals surface area contributed by atoms with Crippen LogP contribution in [-0.2, 0) is 0 Å².